The molecule has 1 aliphatic heterocycles. The molecule has 0 radical (unpaired) electrons. The molecule has 1 saturated heterocycles. The standard InChI is InChI=1S/C19H19F3N2O5/c20-19(21,22)11-5-7-12(8-6-11)23-15(25)10-29-16(26)9-24-17(27)13-3-1-2-4-14(13)18(24)28/h5-8,13-14H,1-4,9-10H2,(H,23,25)/t13-,14+. The Morgan fingerprint density at radius 1 is 1.03 bits per heavy atom. The van der Waals surface area contributed by atoms with Gasteiger partial charge >= 0.3 is 12.1 Å². The molecule has 2 fully saturated rings. The van der Waals surface area contributed by atoms with E-state index in [0.717, 1.165) is 42.0 Å². The van der Waals surface area contributed by atoms with Crippen LogP contribution in [0.25, 0.3) is 0 Å². The highest BCUT2D eigenvalue weighted by Crippen LogP contribution is 2.37. The van der Waals surface area contributed by atoms with E-state index in [1.54, 1.807) is 0 Å². The van der Waals surface area contributed by atoms with Gasteiger partial charge in [0.25, 0.3) is 5.91 Å². The predicted molar refractivity (Wildman–Crippen MR) is 93.2 cm³/mol. The second-order valence-electron chi connectivity index (χ2n) is 7.04. The zero-order valence-corrected chi connectivity index (χ0v) is 15.3. The van der Waals surface area contributed by atoms with Gasteiger partial charge in [-0.1, -0.05) is 12.8 Å². The smallest absolute Gasteiger partial charge is 0.416 e. The van der Waals surface area contributed by atoms with Crippen molar-refractivity contribution in [3.8, 4) is 0 Å². The molecular weight excluding hydrogens is 393 g/mol. The molecule has 2 atom stereocenters. The topological polar surface area (TPSA) is 92.8 Å². The number of likely N-dealkylation sites (tertiary alicyclic amines) is 1. The van der Waals surface area contributed by atoms with Crippen LogP contribution in [-0.2, 0) is 30.1 Å². The zero-order chi connectivity index (χ0) is 21.2. The molecule has 1 aromatic rings. The van der Waals surface area contributed by atoms with Crippen molar-refractivity contribution in [2.24, 2.45) is 11.8 Å². The molecule has 0 aromatic heterocycles. The monoisotopic (exact) mass is 412 g/mol. The van der Waals surface area contributed by atoms with Gasteiger partial charge < -0.3 is 10.1 Å². The summed E-state index contributed by atoms with van der Waals surface area (Å²) < 4.78 is 42.3. The van der Waals surface area contributed by atoms with E-state index >= 15 is 0 Å². The molecule has 0 spiro atoms. The molecule has 1 N–H and O–H groups in total. The molecule has 3 amide bonds. The summed E-state index contributed by atoms with van der Waals surface area (Å²) in [5, 5.41) is 2.30. The molecule has 29 heavy (non-hydrogen) atoms. The number of amides is 3. The lowest BCUT2D eigenvalue weighted by Gasteiger charge is -2.19. The van der Waals surface area contributed by atoms with E-state index in [-0.39, 0.29) is 29.3 Å². The van der Waals surface area contributed by atoms with Crippen LogP contribution in [0, 0.1) is 11.8 Å². The average molecular weight is 412 g/mol. The summed E-state index contributed by atoms with van der Waals surface area (Å²) in [4.78, 5) is 49.2. The lowest BCUT2D eigenvalue weighted by Crippen LogP contribution is -2.37. The van der Waals surface area contributed by atoms with Crippen molar-refractivity contribution in [2.75, 3.05) is 18.5 Å². The molecule has 7 nitrogen and oxygen atoms in total. The number of hydrogen-bond acceptors (Lipinski definition) is 5. The largest absolute Gasteiger partial charge is 0.454 e. The van der Waals surface area contributed by atoms with Gasteiger partial charge in [-0.15, -0.1) is 0 Å². The average Bonchev–Trinajstić information content (AvgIpc) is 2.91. The van der Waals surface area contributed by atoms with Gasteiger partial charge in [0, 0.05) is 5.69 Å². The molecular formula is C19H19F3N2O5. The summed E-state index contributed by atoms with van der Waals surface area (Å²) in [6.07, 6.45) is -1.52. The third-order valence-electron chi connectivity index (χ3n) is 5.08. The Balaban J connectivity index is 1.47. The van der Waals surface area contributed by atoms with Gasteiger partial charge in [-0.3, -0.25) is 24.1 Å². The summed E-state index contributed by atoms with van der Waals surface area (Å²) in [7, 11) is 0. The Morgan fingerprint density at radius 3 is 2.10 bits per heavy atom. The first-order chi connectivity index (χ1) is 13.7. The quantitative estimate of drug-likeness (QED) is 0.592. The normalized spacial score (nSPS) is 21.7. The number of esters is 1. The summed E-state index contributed by atoms with van der Waals surface area (Å²) >= 11 is 0. The van der Waals surface area contributed by atoms with Gasteiger partial charge in [-0.05, 0) is 37.1 Å². The van der Waals surface area contributed by atoms with Gasteiger partial charge in [0.15, 0.2) is 6.61 Å². The second kappa shape index (κ2) is 8.22. The lowest BCUT2D eigenvalue weighted by molar-refractivity contribution is -0.154. The van der Waals surface area contributed by atoms with Crippen LogP contribution in [0.2, 0.25) is 0 Å². The van der Waals surface area contributed by atoms with Crippen molar-refractivity contribution >= 4 is 29.4 Å². The van der Waals surface area contributed by atoms with Gasteiger partial charge in [0.1, 0.15) is 6.54 Å². The number of benzene rings is 1. The van der Waals surface area contributed by atoms with Crippen molar-refractivity contribution in [3.63, 3.8) is 0 Å². The minimum absolute atomic E-state index is 0.105. The number of alkyl halides is 3. The Kier molecular flexibility index (Phi) is 5.90. The number of fused-ring (bicyclic) bond motifs is 1. The molecule has 1 aliphatic carbocycles. The predicted octanol–water partition coefficient (Wildman–Crippen LogP) is 2.36. The molecule has 1 heterocycles. The number of carbonyl (C=O) groups is 4. The maximum atomic E-state index is 12.5. The Labute approximate surface area is 164 Å². The number of nitrogens with one attached hydrogen (secondary N) is 1. The molecule has 2 aliphatic rings. The fourth-order valence-corrected chi connectivity index (χ4v) is 3.65. The van der Waals surface area contributed by atoms with E-state index in [1.807, 2.05) is 0 Å². The van der Waals surface area contributed by atoms with Gasteiger partial charge in [0.05, 0.1) is 17.4 Å². The van der Waals surface area contributed by atoms with Crippen LogP contribution < -0.4 is 5.32 Å². The number of halogens is 3. The first kappa shape index (κ1) is 20.8. The van der Waals surface area contributed by atoms with E-state index < -0.39 is 36.8 Å². The number of imide groups is 1. The number of rotatable bonds is 5. The SMILES string of the molecule is O=C(COC(=O)CN1C(=O)[C@H]2CCCC[C@H]2C1=O)Nc1ccc(C(F)(F)F)cc1. The second-order valence-corrected chi connectivity index (χ2v) is 7.04. The molecule has 0 unspecified atom stereocenters. The third kappa shape index (κ3) is 4.75. The maximum Gasteiger partial charge on any atom is 0.416 e. The van der Waals surface area contributed by atoms with Crippen molar-refractivity contribution in [1.82, 2.24) is 4.90 Å². The van der Waals surface area contributed by atoms with Crippen LogP contribution in [0.1, 0.15) is 31.2 Å². The highest BCUT2D eigenvalue weighted by atomic mass is 19.4. The fourth-order valence-electron chi connectivity index (χ4n) is 3.65. The van der Waals surface area contributed by atoms with Crippen molar-refractivity contribution in [3.05, 3.63) is 29.8 Å². The number of hydrogen-bond donors (Lipinski definition) is 1. The summed E-state index contributed by atoms with van der Waals surface area (Å²) in [6.45, 7) is -1.25. The first-order valence-corrected chi connectivity index (χ1v) is 9.15. The lowest BCUT2D eigenvalue weighted by atomic mass is 9.81. The molecule has 3 rings (SSSR count). The Bertz CT molecular complexity index is 798. The zero-order valence-electron chi connectivity index (χ0n) is 15.3. The van der Waals surface area contributed by atoms with Gasteiger partial charge in [-0.25, -0.2) is 0 Å². The molecule has 10 heteroatoms. The van der Waals surface area contributed by atoms with E-state index in [1.165, 1.54) is 0 Å². The highest BCUT2D eigenvalue weighted by molar-refractivity contribution is 6.07. The van der Waals surface area contributed by atoms with Crippen LogP contribution in [-0.4, -0.2) is 41.7 Å². The minimum atomic E-state index is -4.49. The summed E-state index contributed by atoms with van der Waals surface area (Å²) in [5.74, 6) is -3.20. The van der Waals surface area contributed by atoms with E-state index in [2.05, 4.69) is 5.32 Å². The molecule has 156 valence electrons. The first-order valence-electron chi connectivity index (χ1n) is 9.15. The number of ether oxygens (including phenoxy) is 1. The molecule has 0 bridgehead atoms. The van der Waals surface area contributed by atoms with E-state index in [4.69, 9.17) is 4.74 Å². The Hall–Kier alpha value is -2.91. The van der Waals surface area contributed by atoms with Crippen LogP contribution in [0.4, 0.5) is 18.9 Å². The molecule has 1 aromatic carbocycles. The Morgan fingerprint density at radius 2 is 1.59 bits per heavy atom. The van der Waals surface area contributed by atoms with Gasteiger partial charge in [0.2, 0.25) is 11.8 Å². The number of carbonyl (C=O) groups excluding carboxylic acids is 4. The maximum absolute atomic E-state index is 12.5. The minimum Gasteiger partial charge on any atom is -0.454 e. The van der Waals surface area contributed by atoms with Crippen molar-refractivity contribution in [1.29, 1.82) is 0 Å². The number of nitrogens with zero attached hydrogens (tertiary/aromatic N) is 1. The highest BCUT2D eigenvalue weighted by Gasteiger charge is 2.48. The van der Waals surface area contributed by atoms with Crippen LogP contribution in [0.3, 0.4) is 0 Å². The fraction of sp³-hybridized carbons (Fsp3) is 0.474. The van der Waals surface area contributed by atoms with Crippen LogP contribution in [0.15, 0.2) is 24.3 Å². The summed E-state index contributed by atoms with van der Waals surface area (Å²) in [5.41, 5.74) is -0.754. The van der Waals surface area contributed by atoms with E-state index in [9.17, 15) is 32.3 Å². The van der Waals surface area contributed by atoms with Crippen LogP contribution in [0.5, 0.6) is 0 Å². The van der Waals surface area contributed by atoms with Crippen LogP contribution >= 0.6 is 0 Å². The van der Waals surface area contributed by atoms with Crippen molar-refractivity contribution in [2.45, 2.75) is 31.9 Å². The molecule has 1 saturated carbocycles. The van der Waals surface area contributed by atoms with Gasteiger partial charge in [-0.2, -0.15) is 13.2 Å². The van der Waals surface area contributed by atoms with E-state index in [0.29, 0.717) is 12.8 Å². The summed E-state index contributed by atoms with van der Waals surface area (Å²) in [6, 6.07) is 3.77. The third-order valence-corrected chi connectivity index (χ3v) is 5.08. The number of anilines is 1. The van der Waals surface area contributed by atoms with Crippen molar-refractivity contribution < 1.29 is 37.1 Å².